The van der Waals surface area contributed by atoms with Crippen molar-refractivity contribution in [2.75, 3.05) is 5.75 Å². The van der Waals surface area contributed by atoms with Gasteiger partial charge in [-0.1, -0.05) is 35.4 Å². The monoisotopic (exact) mass is 333 g/mol. The van der Waals surface area contributed by atoms with Crippen molar-refractivity contribution in [3.8, 4) is 0 Å². The lowest BCUT2D eigenvalue weighted by atomic mass is 10.0. The summed E-state index contributed by atoms with van der Waals surface area (Å²) in [6.07, 6.45) is 0. The minimum absolute atomic E-state index is 0.0129. The van der Waals surface area contributed by atoms with Gasteiger partial charge in [-0.05, 0) is 56.2 Å². The molecule has 0 radical (unpaired) electrons. The Morgan fingerprint density at radius 1 is 1.18 bits per heavy atom. The zero-order chi connectivity index (χ0) is 16.1. The van der Waals surface area contributed by atoms with Gasteiger partial charge in [-0.15, -0.1) is 11.8 Å². The summed E-state index contributed by atoms with van der Waals surface area (Å²) in [6.45, 7) is 6.17. The second-order valence-electron chi connectivity index (χ2n) is 5.39. The molecule has 2 aromatic carbocycles. The lowest BCUT2D eigenvalue weighted by molar-refractivity contribution is -0.119. The van der Waals surface area contributed by atoms with Crippen LogP contribution in [0.4, 0.5) is 0 Å². The number of rotatable bonds is 5. The summed E-state index contributed by atoms with van der Waals surface area (Å²) in [7, 11) is 0. The molecule has 22 heavy (non-hydrogen) atoms. The van der Waals surface area contributed by atoms with Gasteiger partial charge in [0.15, 0.2) is 0 Å². The van der Waals surface area contributed by atoms with Gasteiger partial charge in [0.05, 0.1) is 11.8 Å². The van der Waals surface area contributed by atoms with Crippen LogP contribution in [0.5, 0.6) is 0 Å². The molecule has 0 aliphatic heterocycles. The highest BCUT2D eigenvalue weighted by molar-refractivity contribution is 8.00. The largest absolute Gasteiger partial charge is 0.349 e. The maximum absolute atomic E-state index is 12.1. The normalized spacial score (nSPS) is 12.0. The van der Waals surface area contributed by atoms with Crippen molar-refractivity contribution in [1.82, 2.24) is 5.32 Å². The second kappa shape index (κ2) is 7.70. The minimum atomic E-state index is 0.0129. The molecule has 0 aromatic heterocycles. The Kier molecular flexibility index (Phi) is 5.92. The number of carbonyl (C=O) groups excluding carboxylic acids is 1. The molecule has 0 saturated carbocycles. The zero-order valence-corrected chi connectivity index (χ0v) is 14.6. The first-order valence-corrected chi connectivity index (χ1v) is 8.57. The third-order valence-corrected chi connectivity index (χ3v) is 4.72. The summed E-state index contributed by atoms with van der Waals surface area (Å²) in [5.41, 5.74) is 3.60. The van der Waals surface area contributed by atoms with Gasteiger partial charge in [-0.25, -0.2) is 0 Å². The van der Waals surface area contributed by atoms with E-state index in [-0.39, 0.29) is 11.9 Å². The lowest BCUT2D eigenvalue weighted by Crippen LogP contribution is -2.28. The van der Waals surface area contributed by atoms with Gasteiger partial charge >= 0.3 is 0 Å². The van der Waals surface area contributed by atoms with Crippen LogP contribution in [0.3, 0.4) is 0 Å². The van der Waals surface area contributed by atoms with E-state index in [9.17, 15) is 4.79 Å². The standard InChI is InChI=1S/C18H20ClNOS/c1-12-4-9-17(13(2)10-12)14(3)20-18(21)11-22-16-7-5-15(19)6-8-16/h4-10,14H,11H2,1-3H3,(H,20,21)/t14-/m1/s1. The number of thioether (sulfide) groups is 1. The van der Waals surface area contributed by atoms with Crippen LogP contribution in [0.15, 0.2) is 47.4 Å². The van der Waals surface area contributed by atoms with E-state index in [0.717, 1.165) is 10.5 Å². The van der Waals surface area contributed by atoms with Gasteiger partial charge in [0.1, 0.15) is 0 Å². The third kappa shape index (κ3) is 4.79. The number of hydrogen-bond acceptors (Lipinski definition) is 2. The number of nitrogens with one attached hydrogen (secondary N) is 1. The molecule has 1 amide bonds. The zero-order valence-electron chi connectivity index (χ0n) is 13.0. The molecule has 0 unspecified atom stereocenters. The maximum atomic E-state index is 12.1. The summed E-state index contributed by atoms with van der Waals surface area (Å²) in [4.78, 5) is 13.1. The number of hydrogen-bond donors (Lipinski definition) is 1. The number of carbonyl (C=O) groups is 1. The molecular formula is C18H20ClNOS. The van der Waals surface area contributed by atoms with E-state index in [1.165, 1.54) is 22.9 Å². The fourth-order valence-electron chi connectivity index (χ4n) is 2.35. The molecule has 1 atom stereocenters. The van der Waals surface area contributed by atoms with Crippen LogP contribution in [0.25, 0.3) is 0 Å². The van der Waals surface area contributed by atoms with E-state index in [0.29, 0.717) is 10.8 Å². The first kappa shape index (κ1) is 16.9. The Morgan fingerprint density at radius 3 is 2.50 bits per heavy atom. The summed E-state index contributed by atoms with van der Waals surface area (Å²) in [5, 5.41) is 3.76. The van der Waals surface area contributed by atoms with Crippen LogP contribution in [0.1, 0.15) is 29.7 Å². The highest BCUT2D eigenvalue weighted by atomic mass is 35.5. The fraction of sp³-hybridized carbons (Fsp3) is 0.278. The van der Waals surface area contributed by atoms with Crippen molar-refractivity contribution >= 4 is 29.3 Å². The molecule has 0 aliphatic rings. The van der Waals surface area contributed by atoms with Crippen LogP contribution >= 0.6 is 23.4 Å². The van der Waals surface area contributed by atoms with Crippen LogP contribution in [0, 0.1) is 13.8 Å². The number of benzene rings is 2. The van der Waals surface area contributed by atoms with E-state index in [2.05, 4.69) is 37.4 Å². The molecule has 0 heterocycles. The predicted octanol–water partition coefficient (Wildman–Crippen LogP) is 4.93. The van der Waals surface area contributed by atoms with Crippen molar-refractivity contribution in [2.45, 2.75) is 31.7 Å². The van der Waals surface area contributed by atoms with Crippen LogP contribution in [-0.2, 0) is 4.79 Å². The Bertz CT molecular complexity index is 655. The van der Waals surface area contributed by atoms with Crippen LogP contribution in [-0.4, -0.2) is 11.7 Å². The van der Waals surface area contributed by atoms with Gasteiger partial charge < -0.3 is 5.32 Å². The summed E-state index contributed by atoms with van der Waals surface area (Å²) in [6, 6.07) is 13.8. The molecule has 0 aliphatic carbocycles. The summed E-state index contributed by atoms with van der Waals surface area (Å²) >= 11 is 7.36. The molecule has 2 aromatic rings. The molecule has 0 fully saturated rings. The van der Waals surface area contributed by atoms with Gasteiger partial charge in [-0.3, -0.25) is 4.79 Å². The van der Waals surface area contributed by atoms with Gasteiger partial charge in [0.25, 0.3) is 0 Å². The molecule has 0 saturated heterocycles. The Labute approximate surface area is 141 Å². The van der Waals surface area contributed by atoms with Crippen molar-refractivity contribution in [3.05, 3.63) is 64.2 Å². The van der Waals surface area contributed by atoms with Gasteiger partial charge in [0.2, 0.25) is 5.91 Å². The van der Waals surface area contributed by atoms with Crippen molar-refractivity contribution < 1.29 is 4.79 Å². The van der Waals surface area contributed by atoms with E-state index in [1.807, 2.05) is 31.2 Å². The van der Waals surface area contributed by atoms with E-state index in [4.69, 9.17) is 11.6 Å². The molecule has 2 nitrogen and oxygen atoms in total. The van der Waals surface area contributed by atoms with E-state index < -0.39 is 0 Å². The SMILES string of the molecule is Cc1ccc([C@@H](C)NC(=O)CSc2ccc(Cl)cc2)c(C)c1. The third-order valence-electron chi connectivity index (χ3n) is 3.45. The lowest BCUT2D eigenvalue weighted by Gasteiger charge is -2.17. The topological polar surface area (TPSA) is 29.1 Å². The first-order valence-electron chi connectivity index (χ1n) is 7.20. The fourth-order valence-corrected chi connectivity index (χ4v) is 3.19. The Morgan fingerprint density at radius 2 is 1.86 bits per heavy atom. The molecule has 0 spiro atoms. The van der Waals surface area contributed by atoms with Crippen molar-refractivity contribution in [3.63, 3.8) is 0 Å². The average Bonchev–Trinajstić information content (AvgIpc) is 2.46. The number of aryl methyl sites for hydroxylation is 2. The molecule has 1 N–H and O–H groups in total. The molecule has 4 heteroatoms. The minimum Gasteiger partial charge on any atom is -0.349 e. The highest BCUT2D eigenvalue weighted by Gasteiger charge is 2.12. The highest BCUT2D eigenvalue weighted by Crippen LogP contribution is 2.21. The smallest absolute Gasteiger partial charge is 0.230 e. The van der Waals surface area contributed by atoms with E-state index >= 15 is 0 Å². The average molecular weight is 334 g/mol. The van der Waals surface area contributed by atoms with Crippen LogP contribution in [0.2, 0.25) is 5.02 Å². The molecule has 116 valence electrons. The first-order chi connectivity index (χ1) is 10.5. The van der Waals surface area contributed by atoms with E-state index in [1.54, 1.807) is 0 Å². The summed E-state index contributed by atoms with van der Waals surface area (Å²) in [5.74, 6) is 0.434. The maximum Gasteiger partial charge on any atom is 0.230 e. The van der Waals surface area contributed by atoms with Crippen molar-refractivity contribution in [2.24, 2.45) is 0 Å². The molecule has 0 bridgehead atoms. The predicted molar refractivity (Wildman–Crippen MR) is 94.6 cm³/mol. The van der Waals surface area contributed by atoms with Gasteiger partial charge in [0, 0.05) is 9.92 Å². The quantitative estimate of drug-likeness (QED) is 0.786. The number of amides is 1. The number of halogens is 1. The van der Waals surface area contributed by atoms with Crippen molar-refractivity contribution in [1.29, 1.82) is 0 Å². The summed E-state index contributed by atoms with van der Waals surface area (Å²) < 4.78 is 0. The molecular weight excluding hydrogens is 314 g/mol. The molecule has 2 rings (SSSR count). The van der Waals surface area contributed by atoms with Gasteiger partial charge in [-0.2, -0.15) is 0 Å². The second-order valence-corrected chi connectivity index (χ2v) is 6.88. The Hall–Kier alpha value is -1.45. The van der Waals surface area contributed by atoms with Crippen LogP contribution < -0.4 is 5.32 Å². The Balaban J connectivity index is 1.89.